The van der Waals surface area contributed by atoms with Crippen molar-refractivity contribution in [1.29, 1.82) is 0 Å². The summed E-state index contributed by atoms with van der Waals surface area (Å²) in [6.45, 7) is -2.77. The number of carboxylic acid groups (broad SMARTS) is 4. The molecule has 2 aromatic heterocycles. The number of amides is 9. The highest BCUT2D eigenvalue weighted by Gasteiger charge is 2.30. The number of H-pyrrole nitrogens is 1. The largest absolute Gasteiger partial charge is 0.481 e. The zero-order chi connectivity index (χ0) is 58.8. The Hall–Kier alpha value is -9.54. The van der Waals surface area contributed by atoms with Gasteiger partial charge in [-0.1, -0.05) is 0 Å². The molecule has 5 unspecified atom stereocenters. The summed E-state index contributed by atoms with van der Waals surface area (Å²) in [6, 6.07) is -1.74. The van der Waals surface area contributed by atoms with Crippen LogP contribution in [0.4, 0.5) is 11.6 Å². The summed E-state index contributed by atoms with van der Waals surface area (Å²) in [7, 11) is 0. The topological polar surface area (TPSA) is 547 Å². The van der Waals surface area contributed by atoms with E-state index in [2.05, 4.69) is 75.1 Å². The van der Waals surface area contributed by atoms with Crippen LogP contribution in [0.25, 0.3) is 11.2 Å². The molecule has 0 fully saturated rings. The first kappa shape index (κ1) is 63.8. The van der Waals surface area contributed by atoms with E-state index in [9.17, 15) is 77.3 Å². The lowest BCUT2D eigenvalue weighted by Crippen LogP contribution is -2.57. The Morgan fingerprint density at radius 2 is 1.19 bits per heavy atom. The SMILES string of the molecule is Nc1nc2ncc(CNc3ccc(C(=O)NCCCC(=O)NCC(=O)NC(CCC(=O)O)C(=O)NCC(=O)NC(CCC(=O)O)C(=O)NCC(=O)NCC(N)C(=O)NC(CC(=O)O)C(=O)NC(CS)C(=O)O)cc3)nc2c(=O)[nH]1. The van der Waals surface area contributed by atoms with E-state index < -0.39 is 171 Å². The first-order chi connectivity index (χ1) is 37.3. The molecule has 79 heavy (non-hydrogen) atoms. The van der Waals surface area contributed by atoms with Crippen LogP contribution < -0.4 is 70.2 Å². The van der Waals surface area contributed by atoms with E-state index in [4.69, 9.17) is 21.7 Å². The molecular weight excluding hydrogens is 1070 g/mol. The van der Waals surface area contributed by atoms with Gasteiger partial charge in [0.05, 0.1) is 44.5 Å². The average molecular weight is 1130 g/mol. The van der Waals surface area contributed by atoms with Gasteiger partial charge in [-0.25, -0.2) is 14.8 Å². The number of nitrogen functional groups attached to an aromatic ring is 1. The second kappa shape index (κ2) is 32.1. The molecule has 0 radical (unpaired) electrons. The number of aromatic amines is 1. The molecule has 9 amide bonds. The Balaban J connectivity index is 1.42. The van der Waals surface area contributed by atoms with Crippen molar-refractivity contribution in [2.24, 2.45) is 5.73 Å². The maximum atomic E-state index is 13.0. The third-order valence-corrected chi connectivity index (χ3v) is 10.9. The Morgan fingerprint density at radius 1 is 0.620 bits per heavy atom. The zero-order valence-electron chi connectivity index (χ0n) is 41.6. The summed E-state index contributed by atoms with van der Waals surface area (Å²) < 4.78 is 0. The molecule has 35 heteroatoms. The fourth-order valence-corrected chi connectivity index (χ4v) is 6.70. The van der Waals surface area contributed by atoms with Gasteiger partial charge < -0.3 is 85.1 Å². The van der Waals surface area contributed by atoms with Crippen LogP contribution in [0.15, 0.2) is 35.3 Å². The van der Waals surface area contributed by atoms with E-state index in [1.54, 1.807) is 24.3 Å². The molecule has 2 heterocycles. The van der Waals surface area contributed by atoms with Gasteiger partial charge in [0.1, 0.15) is 30.2 Å². The number of hydrogen-bond acceptors (Lipinski definition) is 21. The maximum absolute atomic E-state index is 13.0. The third kappa shape index (κ3) is 23.5. The lowest BCUT2D eigenvalue weighted by atomic mass is 10.1. The van der Waals surface area contributed by atoms with Crippen molar-refractivity contribution in [3.05, 3.63) is 52.1 Å². The van der Waals surface area contributed by atoms with Gasteiger partial charge in [-0.05, 0) is 43.5 Å². The highest BCUT2D eigenvalue weighted by molar-refractivity contribution is 7.80. The quantitative estimate of drug-likeness (QED) is 0.0195. The molecule has 5 atom stereocenters. The maximum Gasteiger partial charge on any atom is 0.327 e. The molecule has 1 aromatic carbocycles. The third-order valence-electron chi connectivity index (χ3n) is 10.5. The van der Waals surface area contributed by atoms with E-state index in [0.29, 0.717) is 16.9 Å². The van der Waals surface area contributed by atoms with Crippen molar-refractivity contribution in [1.82, 2.24) is 67.8 Å². The molecule has 0 spiro atoms. The molecule has 428 valence electrons. The summed E-state index contributed by atoms with van der Waals surface area (Å²) in [5.41, 5.74) is 12.2. The van der Waals surface area contributed by atoms with Crippen LogP contribution in [0.3, 0.4) is 0 Å². The van der Waals surface area contributed by atoms with Crippen molar-refractivity contribution in [2.45, 2.75) is 81.7 Å². The van der Waals surface area contributed by atoms with Crippen LogP contribution in [0.1, 0.15) is 61.0 Å². The number of rotatable bonds is 34. The summed E-state index contributed by atoms with van der Waals surface area (Å²) in [6.07, 6.45) is -1.85. The summed E-state index contributed by atoms with van der Waals surface area (Å²) in [5.74, 6) is -14.8. The Morgan fingerprint density at radius 3 is 1.75 bits per heavy atom. The van der Waals surface area contributed by atoms with Gasteiger partial charge in [0.2, 0.25) is 53.2 Å². The van der Waals surface area contributed by atoms with Gasteiger partial charge in [-0.15, -0.1) is 0 Å². The van der Waals surface area contributed by atoms with Crippen LogP contribution in [0, 0.1) is 0 Å². The Kier molecular flexibility index (Phi) is 25.9. The number of carbonyl (C=O) groups is 13. The first-order valence-electron chi connectivity index (χ1n) is 23.5. The molecule has 19 N–H and O–H groups in total. The first-order valence-corrected chi connectivity index (χ1v) is 24.1. The molecule has 0 saturated heterocycles. The van der Waals surface area contributed by atoms with Crippen molar-refractivity contribution in [3.63, 3.8) is 0 Å². The Labute approximate surface area is 450 Å². The van der Waals surface area contributed by atoms with Crippen LogP contribution in [0.2, 0.25) is 0 Å². The van der Waals surface area contributed by atoms with Crippen molar-refractivity contribution < 1.29 is 82.8 Å². The molecular formula is C44H58N16O18S. The van der Waals surface area contributed by atoms with Crippen molar-refractivity contribution in [3.8, 4) is 0 Å². The van der Waals surface area contributed by atoms with Gasteiger partial charge in [0.15, 0.2) is 11.2 Å². The average Bonchev–Trinajstić information content (AvgIpc) is 3.41. The molecule has 0 aliphatic heterocycles. The van der Waals surface area contributed by atoms with Crippen molar-refractivity contribution in [2.75, 3.05) is 49.5 Å². The number of benzene rings is 1. The molecule has 3 rings (SSSR count). The number of thiol groups is 1. The second-order valence-corrected chi connectivity index (χ2v) is 17.1. The predicted molar refractivity (Wildman–Crippen MR) is 273 cm³/mol. The van der Waals surface area contributed by atoms with Gasteiger partial charge in [-0.3, -0.25) is 67.3 Å². The number of anilines is 2. The Bertz CT molecular complexity index is 2820. The molecule has 34 nitrogen and oxygen atoms in total. The van der Waals surface area contributed by atoms with Crippen LogP contribution >= 0.6 is 12.6 Å². The van der Waals surface area contributed by atoms with E-state index in [0.717, 1.165) is 0 Å². The lowest BCUT2D eigenvalue weighted by Gasteiger charge is -2.21. The molecule has 0 bridgehead atoms. The molecule has 0 aliphatic rings. The number of nitrogens with zero attached hydrogens (tertiary/aromatic N) is 3. The highest BCUT2D eigenvalue weighted by Crippen LogP contribution is 2.12. The number of nitrogens with one attached hydrogen (secondary N) is 11. The van der Waals surface area contributed by atoms with E-state index in [1.165, 1.54) is 6.20 Å². The lowest BCUT2D eigenvalue weighted by molar-refractivity contribution is -0.143. The number of aromatic nitrogens is 4. The molecule has 3 aromatic rings. The summed E-state index contributed by atoms with van der Waals surface area (Å²) in [5, 5.41) is 59.7. The predicted octanol–water partition coefficient (Wildman–Crippen LogP) is -6.63. The van der Waals surface area contributed by atoms with Crippen LogP contribution in [-0.2, 0) is 64.1 Å². The normalized spacial score (nSPS) is 12.6. The molecule has 0 saturated carbocycles. The minimum absolute atomic E-state index is 0.0176. The molecule has 0 aliphatic carbocycles. The van der Waals surface area contributed by atoms with Crippen molar-refractivity contribution >= 4 is 112 Å². The second-order valence-electron chi connectivity index (χ2n) is 16.7. The fourth-order valence-electron chi connectivity index (χ4n) is 6.45. The smallest absolute Gasteiger partial charge is 0.327 e. The van der Waals surface area contributed by atoms with Crippen LogP contribution in [-0.4, -0.2) is 186 Å². The number of fused-ring (bicyclic) bond motifs is 1. The standard InChI is InChI=1S/C44H58N16O18S/c45-23(38(72)57-26(12-34(69)70)41(75)58-27(19-79)43(77)78)15-49-29(62)16-52-39(73)24(7-9-32(65)66)56-31(64)18-53-40(74)25(8-10-33(67)68)55-30(63)17-50-28(61)2-1-11-47-37(71)20-3-5-21(6-4-20)48-13-22-14-51-36-35(54-22)42(76)60-44(46)59-36/h3-6,14,23-27,48,79H,1-2,7-13,15-19,45H2,(H,47,71)(H,49,62)(H,50,61)(H,52,73)(H,53,74)(H,55,63)(H,56,64)(H,57,72)(H,58,75)(H,65,66)(H,67,68)(H,69,70)(H,77,78)(H3,46,51,59,60,76). The van der Waals surface area contributed by atoms with Gasteiger partial charge in [-0.2, -0.15) is 17.6 Å². The number of carboxylic acids is 4. The summed E-state index contributed by atoms with van der Waals surface area (Å²) in [4.78, 5) is 186. The van der Waals surface area contributed by atoms with Crippen LogP contribution in [0.5, 0.6) is 0 Å². The van der Waals surface area contributed by atoms with E-state index in [-0.39, 0.29) is 48.8 Å². The number of hydrogen-bond donors (Lipinski definition) is 18. The number of carbonyl (C=O) groups excluding carboxylic acids is 9. The minimum Gasteiger partial charge on any atom is -0.481 e. The zero-order valence-corrected chi connectivity index (χ0v) is 42.5. The monoisotopic (exact) mass is 1130 g/mol. The van der Waals surface area contributed by atoms with Gasteiger partial charge in [0, 0.05) is 49.4 Å². The summed E-state index contributed by atoms with van der Waals surface area (Å²) >= 11 is 3.78. The highest BCUT2D eigenvalue weighted by atomic mass is 32.1. The number of aliphatic carboxylic acids is 4. The van der Waals surface area contributed by atoms with Gasteiger partial charge in [0.25, 0.3) is 11.5 Å². The fraction of sp³-hybridized carbons (Fsp3) is 0.432. The van der Waals surface area contributed by atoms with E-state index >= 15 is 0 Å². The van der Waals surface area contributed by atoms with Gasteiger partial charge >= 0.3 is 23.9 Å². The minimum atomic E-state index is -1.79. The number of nitrogens with two attached hydrogens (primary N) is 2. The van der Waals surface area contributed by atoms with E-state index in [1.807, 2.05) is 10.6 Å².